The molecule has 1 unspecified atom stereocenters. The Morgan fingerprint density at radius 2 is 1.86 bits per heavy atom. The van der Waals surface area contributed by atoms with Crippen LogP contribution in [0.25, 0.3) is 10.8 Å². The van der Waals surface area contributed by atoms with E-state index in [1.54, 1.807) is 17.0 Å². The van der Waals surface area contributed by atoms with Gasteiger partial charge in [0.15, 0.2) is 0 Å². The zero-order chi connectivity index (χ0) is 19.8. The van der Waals surface area contributed by atoms with E-state index < -0.39 is 4.92 Å². The van der Waals surface area contributed by atoms with Gasteiger partial charge in [0.2, 0.25) is 5.91 Å². The summed E-state index contributed by atoms with van der Waals surface area (Å²) in [5.74, 6) is -0.234. The van der Waals surface area contributed by atoms with Gasteiger partial charge in [-0.3, -0.25) is 14.9 Å². The van der Waals surface area contributed by atoms with Crippen LogP contribution in [0, 0.1) is 10.1 Å². The number of hydrogen-bond donors (Lipinski definition) is 0. The minimum Gasteiger partial charge on any atom is -0.307 e. The second kappa shape index (κ2) is 7.09. The fraction of sp³-hybridized carbons (Fsp3) is 0.136. The molecule has 3 aromatic carbocycles. The van der Waals surface area contributed by atoms with E-state index in [4.69, 9.17) is 11.6 Å². The molecule has 6 heteroatoms. The summed E-state index contributed by atoms with van der Waals surface area (Å²) in [7, 11) is 0. The fourth-order valence-electron chi connectivity index (χ4n) is 3.86. The van der Waals surface area contributed by atoms with E-state index in [0.717, 1.165) is 27.6 Å². The Balaban J connectivity index is 1.91. The lowest BCUT2D eigenvalue weighted by Crippen LogP contribution is -2.37. The molecular weight excluding hydrogens is 376 g/mol. The summed E-state index contributed by atoms with van der Waals surface area (Å²) < 4.78 is 0. The number of rotatable bonds is 4. The normalized spacial score (nSPS) is 16.1. The standard InChI is InChI=1S/C22H17ClN2O3/c1-14(23)13-24-20-11-8-15-4-2-3-5-18(15)22(20)19(12-21(24)26)16-6-9-17(10-7-16)25(27)28/h2-11,19H,1,12-13H2. The van der Waals surface area contributed by atoms with Crippen molar-refractivity contribution in [3.8, 4) is 0 Å². The number of fused-ring (bicyclic) bond motifs is 3. The molecule has 1 heterocycles. The number of nitro groups is 1. The van der Waals surface area contributed by atoms with Gasteiger partial charge in [-0.25, -0.2) is 0 Å². The monoisotopic (exact) mass is 392 g/mol. The van der Waals surface area contributed by atoms with Crippen LogP contribution < -0.4 is 4.90 Å². The molecule has 3 aromatic rings. The summed E-state index contributed by atoms with van der Waals surface area (Å²) in [5.41, 5.74) is 2.74. The summed E-state index contributed by atoms with van der Waals surface area (Å²) in [6.45, 7) is 3.98. The molecule has 1 amide bonds. The largest absolute Gasteiger partial charge is 0.307 e. The predicted octanol–water partition coefficient (Wildman–Crippen LogP) is 5.37. The highest BCUT2D eigenvalue weighted by Gasteiger charge is 2.33. The molecule has 0 bridgehead atoms. The van der Waals surface area contributed by atoms with Gasteiger partial charge >= 0.3 is 0 Å². The van der Waals surface area contributed by atoms with Crippen LogP contribution in [0.5, 0.6) is 0 Å². The molecule has 0 aliphatic carbocycles. The molecule has 4 rings (SSSR count). The third-order valence-corrected chi connectivity index (χ3v) is 5.22. The number of nitrogens with zero attached hydrogens (tertiary/aromatic N) is 2. The number of carbonyl (C=O) groups excluding carboxylic acids is 1. The Labute approximate surface area is 167 Å². The van der Waals surface area contributed by atoms with E-state index >= 15 is 0 Å². The molecular formula is C22H17ClN2O3. The first-order valence-electron chi connectivity index (χ1n) is 8.85. The van der Waals surface area contributed by atoms with Crippen molar-refractivity contribution in [3.63, 3.8) is 0 Å². The first-order valence-corrected chi connectivity index (χ1v) is 9.23. The van der Waals surface area contributed by atoms with E-state index in [1.807, 2.05) is 36.4 Å². The van der Waals surface area contributed by atoms with Gasteiger partial charge in [0.1, 0.15) is 0 Å². The van der Waals surface area contributed by atoms with Gasteiger partial charge in [-0.2, -0.15) is 0 Å². The summed E-state index contributed by atoms with van der Waals surface area (Å²) in [6.07, 6.45) is 0.267. The van der Waals surface area contributed by atoms with E-state index in [2.05, 4.69) is 6.58 Å². The Morgan fingerprint density at radius 3 is 2.54 bits per heavy atom. The summed E-state index contributed by atoms with van der Waals surface area (Å²) in [6, 6.07) is 18.4. The van der Waals surface area contributed by atoms with Crippen molar-refractivity contribution in [1.29, 1.82) is 0 Å². The minimum absolute atomic E-state index is 0.0316. The van der Waals surface area contributed by atoms with E-state index in [-0.39, 0.29) is 30.5 Å². The highest BCUT2D eigenvalue weighted by molar-refractivity contribution is 6.30. The summed E-state index contributed by atoms with van der Waals surface area (Å²) >= 11 is 6.01. The van der Waals surface area contributed by atoms with Crippen LogP contribution in [0.4, 0.5) is 11.4 Å². The predicted molar refractivity (Wildman–Crippen MR) is 111 cm³/mol. The van der Waals surface area contributed by atoms with Crippen LogP contribution in [0.15, 0.2) is 72.3 Å². The number of anilines is 1. The maximum atomic E-state index is 12.9. The van der Waals surface area contributed by atoms with Gasteiger partial charge < -0.3 is 4.90 Å². The topological polar surface area (TPSA) is 63.5 Å². The van der Waals surface area contributed by atoms with Crippen molar-refractivity contribution >= 4 is 39.7 Å². The molecule has 1 aliphatic heterocycles. The van der Waals surface area contributed by atoms with E-state index in [1.165, 1.54) is 12.1 Å². The van der Waals surface area contributed by atoms with Gasteiger partial charge in [-0.1, -0.05) is 60.6 Å². The van der Waals surface area contributed by atoms with Gasteiger partial charge in [-0.05, 0) is 28.0 Å². The maximum Gasteiger partial charge on any atom is 0.269 e. The first-order chi connectivity index (χ1) is 13.5. The number of non-ortho nitro benzene ring substituents is 1. The van der Waals surface area contributed by atoms with E-state index in [0.29, 0.717) is 5.03 Å². The Bertz CT molecular complexity index is 1110. The van der Waals surface area contributed by atoms with Crippen molar-refractivity contribution in [2.24, 2.45) is 0 Å². The number of halogens is 1. The smallest absolute Gasteiger partial charge is 0.269 e. The third-order valence-electron chi connectivity index (χ3n) is 5.10. The molecule has 0 fully saturated rings. The number of amides is 1. The molecule has 1 atom stereocenters. The maximum absolute atomic E-state index is 12.9. The number of hydrogen-bond acceptors (Lipinski definition) is 3. The van der Waals surface area contributed by atoms with Crippen molar-refractivity contribution < 1.29 is 9.72 Å². The number of nitro benzene ring substituents is 1. The Kier molecular flexibility index (Phi) is 4.61. The lowest BCUT2D eigenvalue weighted by Gasteiger charge is -2.35. The van der Waals surface area contributed by atoms with Crippen LogP contribution in [0.1, 0.15) is 23.5 Å². The van der Waals surface area contributed by atoms with Crippen LogP contribution in [-0.4, -0.2) is 17.4 Å². The quantitative estimate of drug-likeness (QED) is 0.443. The highest BCUT2D eigenvalue weighted by Crippen LogP contribution is 2.44. The lowest BCUT2D eigenvalue weighted by molar-refractivity contribution is -0.384. The molecule has 140 valence electrons. The van der Waals surface area contributed by atoms with Crippen LogP contribution >= 0.6 is 11.6 Å². The van der Waals surface area contributed by atoms with Crippen molar-refractivity contribution in [2.75, 3.05) is 11.4 Å². The summed E-state index contributed by atoms with van der Waals surface area (Å²) in [5, 5.41) is 13.5. The van der Waals surface area contributed by atoms with Crippen molar-refractivity contribution in [1.82, 2.24) is 0 Å². The zero-order valence-electron chi connectivity index (χ0n) is 15.0. The molecule has 0 spiro atoms. The minimum atomic E-state index is -0.424. The van der Waals surface area contributed by atoms with Crippen molar-refractivity contribution in [3.05, 3.63) is 93.5 Å². The second-order valence-electron chi connectivity index (χ2n) is 6.82. The molecule has 1 aliphatic rings. The Hall–Kier alpha value is -3.18. The van der Waals surface area contributed by atoms with Gasteiger partial charge in [0.25, 0.3) is 5.69 Å². The molecule has 0 aromatic heterocycles. The molecule has 0 saturated heterocycles. The first kappa shape index (κ1) is 18.2. The zero-order valence-corrected chi connectivity index (χ0v) is 15.7. The third kappa shape index (κ3) is 3.14. The molecule has 0 saturated carbocycles. The van der Waals surface area contributed by atoms with Gasteiger partial charge in [0.05, 0.1) is 11.5 Å². The van der Waals surface area contributed by atoms with Crippen LogP contribution in [0.3, 0.4) is 0 Å². The average molecular weight is 393 g/mol. The summed E-state index contributed by atoms with van der Waals surface area (Å²) in [4.78, 5) is 25.1. The molecule has 0 N–H and O–H groups in total. The van der Waals surface area contributed by atoms with E-state index in [9.17, 15) is 14.9 Å². The number of carbonyl (C=O) groups is 1. The number of benzene rings is 3. The van der Waals surface area contributed by atoms with Crippen molar-refractivity contribution in [2.45, 2.75) is 12.3 Å². The second-order valence-corrected chi connectivity index (χ2v) is 7.36. The van der Waals surface area contributed by atoms with Crippen LogP contribution in [-0.2, 0) is 4.79 Å². The molecule has 5 nitrogen and oxygen atoms in total. The van der Waals surface area contributed by atoms with Gasteiger partial charge in [-0.15, -0.1) is 0 Å². The SMILES string of the molecule is C=C(Cl)CN1C(=O)CC(c2ccc([N+](=O)[O-])cc2)c2c1ccc1ccccc21. The lowest BCUT2D eigenvalue weighted by atomic mass is 9.81. The molecule has 0 radical (unpaired) electrons. The average Bonchev–Trinajstić information content (AvgIpc) is 2.69. The fourth-order valence-corrected chi connectivity index (χ4v) is 3.98. The van der Waals surface area contributed by atoms with Gasteiger partial charge in [0, 0.05) is 35.2 Å². The Morgan fingerprint density at radius 1 is 1.14 bits per heavy atom. The molecule has 28 heavy (non-hydrogen) atoms. The highest BCUT2D eigenvalue weighted by atomic mass is 35.5. The van der Waals surface area contributed by atoms with Crippen LogP contribution in [0.2, 0.25) is 0 Å².